The van der Waals surface area contributed by atoms with Gasteiger partial charge in [-0.1, -0.05) is 30.5 Å². The molecule has 2 fully saturated rings. The number of anilines is 1. The van der Waals surface area contributed by atoms with Gasteiger partial charge in [0.2, 0.25) is 5.91 Å². The van der Waals surface area contributed by atoms with E-state index in [1.54, 1.807) is 4.31 Å². The largest absolute Gasteiger partial charge is 0.399 e. The second-order valence-electron chi connectivity index (χ2n) is 7.62. The minimum atomic E-state index is -0.413. The van der Waals surface area contributed by atoms with Crippen LogP contribution < -0.4 is 5.73 Å². The van der Waals surface area contributed by atoms with Crippen LogP contribution >= 0.6 is 12.8 Å². The summed E-state index contributed by atoms with van der Waals surface area (Å²) in [5.74, 6) is -0.0220. The van der Waals surface area contributed by atoms with Crippen LogP contribution in [0.5, 0.6) is 0 Å². The van der Waals surface area contributed by atoms with E-state index in [2.05, 4.69) is 18.9 Å². The molecule has 6 heteroatoms. The van der Waals surface area contributed by atoms with E-state index in [1.807, 2.05) is 23.1 Å². The Kier molecular flexibility index (Phi) is 4.80. The molecule has 5 nitrogen and oxygen atoms in total. The first-order valence-electron chi connectivity index (χ1n) is 9.38. The number of allylic oxidation sites excluding steroid dienone is 1. The molecule has 1 aromatic rings. The van der Waals surface area contributed by atoms with Gasteiger partial charge in [0.1, 0.15) is 11.8 Å². The monoisotopic (exact) mass is 371 g/mol. The maximum Gasteiger partial charge on any atom is 0.241 e. The number of benzene rings is 1. The van der Waals surface area contributed by atoms with E-state index in [9.17, 15) is 9.59 Å². The molecule has 1 unspecified atom stereocenters. The minimum Gasteiger partial charge on any atom is -0.399 e. The van der Waals surface area contributed by atoms with E-state index in [1.165, 1.54) is 5.56 Å². The number of rotatable bonds is 4. The summed E-state index contributed by atoms with van der Waals surface area (Å²) in [7, 11) is 0. The van der Waals surface area contributed by atoms with E-state index < -0.39 is 6.04 Å². The van der Waals surface area contributed by atoms with Gasteiger partial charge < -0.3 is 10.6 Å². The van der Waals surface area contributed by atoms with Crippen molar-refractivity contribution in [3.05, 3.63) is 34.9 Å². The summed E-state index contributed by atoms with van der Waals surface area (Å²) >= 11 is 4.48. The van der Waals surface area contributed by atoms with Crippen LogP contribution in [-0.4, -0.2) is 46.6 Å². The van der Waals surface area contributed by atoms with Gasteiger partial charge in [-0.15, -0.1) is 0 Å². The van der Waals surface area contributed by atoms with Crippen molar-refractivity contribution in [2.24, 2.45) is 5.92 Å². The summed E-state index contributed by atoms with van der Waals surface area (Å²) in [6.07, 6.45) is 6.10. The van der Waals surface area contributed by atoms with E-state index in [4.69, 9.17) is 5.73 Å². The first-order chi connectivity index (χ1) is 12.5. The highest BCUT2D eigenvalue weighted by atomic mass is 32.1. The van der Waals surface area contributed by atoms with Crippen LogP contribution in [0.25, 0.3) is 6.08 Å². The number of Topliss-reactive ketones (excluding diaryl/α,β-unsaturated/α-hetero) is 1. The van der Waals surface area contributed by atoms with Crippen LogP contribution in [-0.2, 0) is 16.0 Å². The van der Waals surface area contributed by atoms with Crippen LogP contribution in [0.3, 0.4) is 0 Å². The SMILES string of the molecule is Nc1ccc2c(c1)C=C(CC(=O)C1CCN(S)[C@H]1C(=O)N1CCCC1)C2. The number of nitrogens with zero attached hydrogens (tertiary/aromatic N) is 2. The molecule has 2 N–H and O–H groups in total. The quantitative estimate of drug-likeness (QED) is 0.630. The lowest BCUT2D eigenvalue weighted by molar-refractivity contribution is -0.137. The number of fused-ring (bicyclic) bond motifs is 1. The molecular formula is C20H25N3O2S. The summed E-state index contributed by atoms with van der Waals surface area (Å²) in [6, 6.07) is 5.47. The molecule has 3 aliphatic rings. The standard InChI is InChI=1S/C20H25N3O2S/c21-16-4-3-14-9-13(10-15(14)12-16)11-18(24)17-5-8-23(26)19(17)20(25)22-6-1-2-7-22/h3-4,10,12,17,19,26H,1-2,5-9,11,21H2/t17?,19-/m1/s1. The molecule has 0 radical (unpaired) electrons. The first-order valence-corrected chi connectivity index (χ1v) is 9.78. The van der Waals surface area contributed by atoms with Gasteiger partial charge in [-0.2, -0.15) is 0 Å². The Morgan fingerprint density at radius 1 is 1.19 bits per heavy atom. The highest BCUT2D eigenvalue weighted by Crippen LogP contribution is 2.33. The molecule has 1 amide bonds. The molecule has 4 rings (SSSR count). The number of hydrogen-bond donors (Lipinski definition) is 2. The maximum atomic E-state index is 13.0. The van der Waals surface area contributed by atoms with Gasteiger partial charge in [0.25, 0.3) is 0 Å². The molecule has 2 saturated heterocycles. The van der Waals surface area contributed by atoms with Crippen LogP contribution in [0.4, 0.5) is 5.69 Å². The van der Waals surface area contributed by atoms with Crippen molar-refractivity contribution in [2.75, 3.05) is 25.4 Å². The lowest BCUT2D eigenvalue weighted by Gasteiger charge is -2.27. The van der Waals surface area contributed by atoms with E-state index in [0.29, 0.717) is 19.4 Å². The number of nitrogen functional groups attached to an aromatic ring is 1. The van der Waals surface area contributed by atoms with Crippen LogP contribution in [0, 0.1) is 5.92 Å². The fourth-order valence-corrected chi connectivity index (χ4v) is 4.81. The third-order valence-electron chi connectivity index (χ3n) is 5.80. The van der Waals surface area contributed by atoms with Gasteiger partial charge in [0.15, 0.2) is 0 Å². The summed E-state index contributed by atoms with van der Waals surface area (Å²) < 4.78 is 1.77. The van der Waals surface area contributed by atoms with Crippen molar-refractivity contribution < 1.29 is 9.59 Å². The highest BCUT2D eigenvalue weighted by Gasteiger charge is 2.44. The van der Waals surface area contributed by atoms with Crippen molar-refractivity contribution in [3.63, 3.8) is 0 Å². The first kappa shape index (κ1) is 17.6. The van der Waals surface area contributed by atoms with Crippen molar-refractivity contribution in [3.8, 4) is 0 Å². The van der Waals surface area contributed by atoms with E-state index >= 15 is 0 Å². The number of likely N-dealkylation sites (tertiary alicyclic amines) is 1. The highest BCUT2D eigenvalue weighted by molar-refractivity contribution is 7.77. The summed E-state index contributed by atoms with van der Waals surface area (Å²) in [5, 5.41) is 0. The molecule has 0 aromatic heterocycles. The molecule has 2 atom stereocenters. The van der Waals surface area contributed by atoms with E-state index in [0.717, 1.165) is 49.2 Å². The zero-order chi connectivity index (χ0) is 18.3. The molecule has 1 aliphatic carbocycles. The zero-order valence-electron chi connectivity index (χ0n) is 14.9. The van der Waals surface area contributed by atoms with Gasteiger partial charge in [0, 0.05) is 37.7 Å². The van der Waals surface area contributed by atoms with Crippen molar-refractivity contribution in [2.45, 2.75) is 38.1 Å². The lowest BCUT2D eigenvalue weighted by atomic mass is 9.90. The molecule has 0 spiro atoms. The van der Waals surface area contributed by atoms with Crippen molar-refractivity contribution >= 4 is 36.3 Å². The number of thiol groups is 1. The van der Waals surface area contributed by atoms with Gasteiger partial charge >= 0.3 is 0 Å². The summed E-state index contributed by atoms with van der Waals surface area (Å²) in [6.45, 7) is 2.29. The molecule has 0 saturated carbocycles. The van der Waals surface area contributed by atoms with Crippen LogP contribution in [0.15, 0.2) is 23.8 Å². The van der Waals surface area contributed by atoms with Crippen LogP contribution in [0.1, 0.15) is 36.8 Å². The smallest absolute Gasteiger partial charge is 0.241 e. The Labute approximate surface area is 159 Å². The Morgan fingerprint density at radius 3 is 2.73 bits per heavy atom. The Morgan fingerprint density at radius 2 is 1.96 bits per heavy atom. The summed E-state index contributed by atoms with van der Waals surface area (Å²) in [4.78, 5) is 27.8. The fraction of sp³-hybridized carbons (Fsp3) is 0.500. The van der Waals surface area contributed by atoms with Crippen molar-refractivity contribution in [1.29, 1.82) is 0 Å². The zero-order valence-corrected chi connectivity index (χ0v) is 15.8. The second-order valence-corrected chi connectivity index (χ2v) is 8.13. The predicted molar refractivity (Wildman–Crippen MR) is 106 cm³/mol. The third kappa shape index (κ3) is 3.28. The number of carbonyl (C=O) groups excluding carboxylic acids is 2. The third-order valence-corrected chi connectivity index (χ3v) is 6.25. The number of nitrogens with two attached hydrogens (primary N) is 1. The van der Waals surface area contributed by atoms with Gasteiger partial charge in [0.05, 0.1) is 0 Å². The van der Waals surface area contributed by atoms with Gasteiger partial charge in [-0.05, 0) is 48.9 Å². The van der Waals surface area contributed by atoms with Crippen molar-refractivity contribution in [1.82, 2.24) is 9.21 Å². The lowest BCUT2D eigenvalue weighted by Crippen LogP contribution is -2.46. The molecule has 2 aliphatic heterocycles. The van der Waals surface area contributed by atoms with E-state index in [-0.39, 0.29) is 17.6 Å². The Balaban J connectivity index is 1.45. The molecule has 138 valence electrons. The second kappa shape index (κ2) is 7.08. The number of amides is 1. The predicted octanol–water partition coefficient (Wildman–Crippen LogP) is 2.33. The number of carbonyl (C=O) groups is 2. The average molecular weight is 372 g/mol. The molecular weight excluding hydrogens is 346 g/mol. The number of ketones is 1. The molecule has 0 bridgehead atoms. The Bertz CT molecular complexity index is 770. The van der Waals surface area contributed by atoms with Gasteiger partial charge in [-0.25, -0.2) is 4.31 Å². The average Bonchev–Trinajstić information content (AvgIpc) is 3.32. The number of hydrogen-bond acceptors (Lipinski definition) is 5. The molecule has 26 heavy (non-hydrogen) atoms. The molecule has 2 heterocycles. The Hall–Kier alpha value is -1.79. The normalized spacial score (nSPS) is 25.4. The van der Waals surface area contributed by atoms with Gasteiger partial charge in [-0.3, -0.25) is 9.59 Å². The fourth-order valence-electron chi connectivity index (χ4n) is 4.43. The van der Waals surface area contributed by atoms with Crippen LogP contribution in [0.2, 0.25) is 0 Å². The minimum absolute atomic E-state index is 0.0739. The molecule has 1 aromatic carbocycles. The maximum absolute atomic E-state index is 13.0. The summed E-state index contributed by atoms with van der Waals surface area (Å²) in [5.41, 5.74) is 10.0. The topological polar surface area (TPSA) is 66.6 Å².